The minimum absolute atomic E-state index is 0.0210. The fraction of sp³-hybridized carbons (Fsp3) is 0.283. The second kappa shape index (κ2) is 19.1. The highest BCUT2D eigenvalue weighted by Gasteiger charge is 2.49. The van der Waals surface area contributed by atoms with Crippen LogP contribution in [0.25, 0.3) is 33.7 Å². The number of anilines is 2. The highest BCUT2D eigenvalue weighted by molar-refractivity contribution is 8.54. The van der Waals surface area contributed by atoms with Crippen molar-refractivity contribution < 1.29 is 41.8 Å². The van der Waals surface area contributed by atoms with Crippen molar-refractivity contribution in [3.8, 4) is 34.0 Å². The van der Waals surface area contributed by atoms with Crippen LogP contribution < -0.4 is 20.1 Å². The summed E-state index contributed by atoms with van der Waals surface area (Å²) in [4.78, 5) is 40.4. The van der Waals surface area contributed by atoms with Gasteiger partial charge in [0.15, 0.2) is 23.9 Å². The number of para-hydroxylation sites is 1. The van der Waals surface area contributed by atoms with Gasteiger partial charge in [-0.1, -0.05) is 66.7 Å². The molecule has 7 aromatic rings. The van der Waals surface area contributed by atoms with E-state index in [0.29, 0.717) is 53.4 Å². The summed E-state index contributed by atoms with van der Waals surface area (Å²) in [6.45, 7) is 2.40. The van der Waals surface area contributed by atoms with Crippen LogP contribution in [0.5, 0.6) is 11.5 Å². The van der Waals surface area contributed by atoms with Crippen molar-refractivity contribution in [3.63, 3.8) is 0 Å². The van der Waals surface area contributed by atoms with Gasteiger partial charge in [-0.2, -0.15) is 0 Å². The number of aromatic nitrogens is 7. The van der Waals surface area contributed by atoms with Gasteiger partial charge in [0.25, 0.3) is 0 Å². The van der Waals surface area contributed by atoms with E-state index in [4.69, 9.17) is 29.0 Å². The number of rotatable bonds is 15. The van der Waals surface area contributed by atoms with Crippen molar-refractivity contribution in [2.24, 2.45) is 0 Å². The van der Waals surface area contributed by atoms with Crippen LogP contribution in [0.1, 0.15) is 54.9 Å². The van der Waals surface area contributed by atoms with Gasteiger partial charge < -0.3 is 29.4 Å². The number of benzene rings is 4. The molecule has 2 aliphatic heterocycles. The largest absolute Gasteiger partial charge is 0.492 e. The van der Waals surface area contributed by atoms with Crippen LogP contribution in [0.3, 0.4) is 0 Å². The normalized spacial score (nSPS) is 18.7. The molecule has 5 heterocycles. The molecule has 1 amide bonds. The summed E-state index contributed by atoms with van der Waals surface area (Å²) in [6, 6.07) is 29.1. The summed E-state index contributed by atoms with van der Waals surface area (Å²) in [5.74, 6) is 0.649. The predicted octanol–water partition coefficient (Wildman–Crippen LogP) is 8.61. The number of nitrogens with zero attached hydrogens (tertiary/aromatic N) is 8. The maximum Gasteiger partial charge on any atom is 0.389 e. The molecule has 1 fully saturated rings. The average Bonchev–Trinajstić information content (AvgIpc) is 4.03. The van der Waals surface area contributed by atoms with Gasteiger partial charge in [-0.25, -0.2) is 33.4 Å². The van der Waals surface area contributed by atoms with E-state index >= 15 is 4.39 Å². The van der Waals surface area contributed by atoms with E-state index in [1.807, 2.05) is 65.0 Å². The number of ether oxygens (including phenoxy) is 3. The summed E-state index contributed by atoms with van der Waals surface area (Å²) < 4.78 is 62.2. The molecule has 1 unspecified atom stereocenters. The molecule has 0 spiro atoms. The van der Waals surface area contributed by atoms with E-state index < -0.39 is 37.4 Å². The van der Waals surface area contributed by atoms with Gasteiger partial charge in [-0.05, 0) is 78.8 Å². The third-order valence-electron chi connectivity index (χ3n) is 11.2. The van der Waals surface area contributed by atoms with Crippen molar-refractivity contribution in [1.29, 1.82) is 0 Å². The first-order chi connectivity index (χ1) is 32.0. The number of fused-ring (bicyclic) bond motifs is 6. The number of nitrogen functional groups attached to an aromatic ring is 1. The smallest absolute Gasteiger partial charge is 0.389 e. The van der Waals surface area contributed by atoms with Crippen molar-refractivity contribution in [2.45, 2.75) is 70.6 Å². The van der Waals surface area contributed by atoms with Crippen LogP contribution in [0.15, 0.2) is 110 Å². The molecule has 4 aromatic carbocycles. The lowest BCUT2D eigenvalue weighted by molar-refractivity contribution is -0.118. The molecule has 3 aromatic heterocycles. The maximum atomic E-state index is 16.0. The number of esters is 1. The topological polar surface area (TPSA) is 201 Å². The Balaban J connectivity index is 0.792. The maximum absolute atomic E-state index is 16.0. The summed E-state index contributed by atoms with van der Waals surface area (Å²) >= 11 is 0.916. The Labute approximate surface area is 382 Å². The lowest BCUT2D eigenvalue weighted by atomic mass is 9.95. The first kappa shape index (κ1) is 44.7. The Hall–Kier alpha value is -6.50. The summed E-state index contributed by atoms with van der Waals surface area (Å²) in [6.07, 6.45) is -1.90. The molecule has 0 bridgehead atoms. The minimum Gasteiger partial charge on any atom is -0.492 e. The van der Waals surface area contributed by atoms with Gasteiger partial charge in [0.2, 0.25) is 5.91 Å². The van der Waals surface area contributed by atoms with E-state index in [9.17, 15) is 14.2 Å². The van der Waals surface area contributed by atoms with E-state index in [0.717, 1.165) is 45.0 Å². The number of halogens is 1. The van der Waals surface area contributed by atoms with Gasteiger partial charge in [-0.3, -0.25) is 13.9 Å². The zero-order valence-electron chi connectivity index (χ0n) is 36.1. The van der Waals surface area contributed by atoms with Crippen LogP contribution in [0.2, 0.25) is 0 Å². The number of carbonyl (C=O) groups is 2. The standard InChI is InChI=1S/C46H45FN9O8PS/c1-4-37(57)54-24-31-10-6-7-11-34(31)41-39(35-12-8-9-13-36(35)54)52-53-56(41)22-23-60-32-20-16-30(17-21-32)46(58)63-33-18-14-29(15-19-33)25-66-65(59,61-5-2)64-42-28(3)62-45(38(42)47)55-27-51-40-43(48)49-26-50-44(40)55/h6-21,26-28,38,42,45H,4-5,22-25H2,1-3H3,(H2,48,49,50)/t28?,38-,42-,45-,65+/m1/s1. The molecule has 66 heavy (non-hydrogen) atoms. The Morgan fingerprint density at radius 1 is 0.939 bits per heavy atom. The van der Waals surface area contributed by atoms with Crippen molar-refractivity contribution in [2.75, 3.05) is 23.8 Å². The summed E-state index contributed by atoms with van der Waals surface area (Å²) in [7, 11) is 0. The molecule has 20 heteroatoms. The second-order valence-corrected chi connectivity index (χ2v) is 19.4. The third-order valence-corrected chi connectivity index (χ3v) is 14.9. The Kier molecular flexibility index (Phi) is 13.0. The van der Waals surface area contributed by atoms with Crippen LogP contribution in [-0.4, -0.2) is 78.0 Å². The molecule has 0 aliphatic carbocycles. The fourth-order valence-electron chi connectivity index (χ4n) is 7.91. The van der Waals surface area contributed by atoms with Crippen molar-refractivity contribution in [1.82, 2.24) is 34.5 Å². The number of carbonyl (C=O) groups excluding carboxylic acids is 2. The van der Waals surface area contributed by atoms with Crippen LogP contribution in [-0.2, 0) is 42.0 Å². The number of hydrogen-bond acceptors (Lipinski definition) is 15. The molecule has 0 saturated carbocycles. The molecular formula is C46H45FN9O8PS. The zero-order chi connectivity index (χ0) is 46.0. The van der Waals surface area contributed by atoms with Crippen LogP contribution >= 0.6 is 18.2 Å². The SMILES string of the molecule is CCO[P@@](=O)(O[C@@H]1C(C)O[C@@H](n2cnc3c(N)ncnc32)[C@@H]1F)SCc1ccc(OC(=O)c2ccc(OCCn3nnc4c3-c3ccccc3CN(C(=O)CC)c3ccccc3-4)cc2)cc1. The van der Waals surface area contributed by atoms with Gasteiger partial charge in [0, 0.05) is 23.3 Å². The molecule has 1 saturated heterocycles. The second-order valence-electron chi connectivity index (χ2n) is 15.4. The van der Waals surface area contributed by atoms with E-state index in [1.165, 1.54) is 17.2 Å². The summed E-state index contributed by atoms with van der Waals surface area (Å²) in [5.41, 5.74) is 12.6. The van der Waals surface area contributed by atoms with Crippen LogP contribution in [0.4, 0.5) is 15.9 Å². The molecular weight excluding hydrogens is 889 g/mol. The molecule has 5 atom stereocenters. The first-order valence-corrected chi connectivity index (χ1v) is 24.4. The quantitative estimate of drug-likeness (QED) is 0.0581. The number of nitrogens with two attached hydrogens (primary N) is 1. The van der Waals surface area contributed by atoms with E-state index in [-0.39, 0.29) is 30.7 Å². The van der Waals surface area contributed by atoms with Gasteiger partial charge in [0.05, 0.1) is 49.1 Å². The molecule has 9 rings (SSSR count). The lowest BCUT2D eigenvalue weighted by Crippen LogP contribution is -2.31. The highest BCUT2D eigenvalue weighted by atomic mass is 32.7. The molecule has 340 valence electrons. The zero-order valence-corrected chi connectivity index (χ0v) is 37.8. The van der Waals surface area contributed by atoms with Gasteiger partial charge in [-0.15, -0.1) is 5.10 Å². The van der Waals surface area contributed by atoms with Gasteiger partial charge in [0.1, 0.15) is 41.7 Å². The number of amides is 1. The monoisotopic (exact) mass is 933 g/mol. The summed E-state index contributed by atoms with van der Waals surface area (Å²) in [5, 5.41) is 9.13. The van der Waals surface area contributed by atoms with Crippen LogP contribution in [0, 0.1) is 0 Å². The number of alkyl halides is 1. The fourth-order valence-corrected chi connectivity index (χ4v) is 11.5. The van der Waals surface area contributed by atoms with E-state index in [2.05, 4.69) is 25.3 Å². The lowest BCUT2D eigenvalue weighted by Gasteiger charge is -2.28. The van der Waals surface area contributed by atoms with Gasteiger partial charge >= 0.3 is 12.8 Å². The predicted molar refractivity (Wildman–Crippen MR) is 245 cm³/mol. The highest BCUT2D eigenvalue weighted by Crippen LogP contribution is 2.64. The minimum atomic E-state index is -3.89. The average molecular weight is 934 g/mol. The molecule has 2 aliphatic rings. The Bertz CT molecular complexity index is 2940. The van der Waals surface area contributed by atoms with Crippen molar-refractivity contribution >= 4 is 52.7 Å². The number of hydrogen-bond donors (Lipinski definition) is 1. The number of imidazole rings is 1. The van der Waals surface area contributed by atoms with Crippen molar-refractivity contribution in [3.05, 3.63) is 126 Å². The molecule has 17 nitrogen and oxygen atoms in total. The molecule has 0 radical (unpaired) electrons. The first-order valence-electron chi connectivity index (χ1n) is 21.3. The third kappa shape index (κ3) is 9.04. The Morgan fingerprint density at radius 3 is 2.45 bits per heavy atom. The molecule has 2 N–H and O–H groups in total. The Morgan fingerprint density at radius 2 is 1.68 bits per heavy atom. The van der Waals surface area contributed by atoms with E-state index in [1.54, 1.807) is 62.4 Å².